The number of hydrogen-bond acceptors (Lipinski definition) is 5. The second-order valence-corrected chi connectivity index (χ2v) is 10.2. The quantitative estimate of drug-likeness (QED) is 0.295. The molecule has 0 aromatic heterocycles. The summed E-state index contributed by atoms with van der Waals surface area (Å²) in [4.78, 5) is 23.7. The van der Waals surface area contributed by atoms with E-state index in [9.17, 15) is 9.59 Å². The minimum atomic E-state index is -2.07. The third-order valence-corrected chi connectivity index (χ3v) is 8.51. The van der Waals surface area contributed by atoms with Crippen LogP contribution in [0, 0.1) is 23.7 Å². The average molecular weight is 338 g/mol. The lowest BCUT2D eigenvalue weighted by molar-refractivity contribution is -0.154. The van der Waals surface area contributed by atoms with Crippen molar-refractivity contribution in [3.8, 4) is 0 Å². The lowest BCUT2D eigenvalue weighted by atomic mass is 9.80. The maximum absolute atomic E-state index is 11.9. The molecular weight excluding hydrogens is 312 g/mol. The van der Waals surface area contributed by atoms with E-state index < -0.39 is 8.56 Å². The van der Waals surface area contributed by atoms with Gasteiger partial charge in [0, 0.05) is 13.2 Å². The maximum Gasteiger partial charge on any atom is 0.334 e. The predicted octanol–water partition coefficient (Wildman–Crippen LogP) is 2.80. The van der Waals surface area contributed by atoms with Crippen LogP contribution in [0.4, 0.5) is 0 Å². The van der Waals surface area contributed by atoms with Gasteiger partial charge in [-0.05, 0) is 57.5 Å². The van der Waals surface area contributed by atoms with Gasteiger partial charge in [-0.3, -0.25) is 9.59 Å². The third kappa shape index (κ3) is 3.04. The lowest BCUT2D eigenvalue weighted by Crippen LogP contribution is -2.38. The first-order chi connectivity index (χ1) is 11.0. The van der Waals surface area contributed by atoms with E-state index in [1.165, 1.54) is 5.57 Å². The number of rotatable bonds is 8. The van der Waals surface area contributed by atoms with Crippen molar-refractivity contribution in [1.29, 1.82) is 0 Å². The van der Waals surface area contributed by atoms with E-state index in [0.717, 1.165) is 25.3 Å². The highest BCUT2D eigenvalue weighted by Gasteiger charge is 2.59. The Kier molecular flexibility index (Phi) is 4.76. The smallest absolute Gasteiger partial charge is 0.334 e. The standard InChI is InChI=1S/C17H26O5Si/c1-4-20-23(3,21-5-2)8-6-7-11-9-12-10-13(11)15-14(12)16(18)22-17(15)19/h9,12-15H,4-8,10H2,1-3H3. The van der Waals surface area contributed by atoms with Crippen LogP contribution in [0.15, 0.2) is 11.6 Å². The van der Waals surface area contributed by atoms with Crippen LogP contribution < -0.4 is 0 Å². The second-order valence-electron chi connectivity index (χ2n) is 6.89. The SMILES string of the molecule is CCO[Si](C)(CCCC1=CC2CC1C1C(=O)OC(=O)C21)OCC. The summed E-state index contributed by atoms with van der Waals surface area (Å²) in [6.45, 7) is 7.51. The lowest BCUT2D eigenvalue weighted by Gasteiger charge is -2.27. The van der Waals surface area contributed by atoms with Crippen LogP contribution in [-0.2, 0) is 23.2 Å². The zero-order chi connectivity index (χ0) is 16.6. The van der Waals surface area contributed by atoms with Crippen molar-refractivity contribution < 1.29 is 23.2 Å². The van der Waals surface area contributed by atoms with E-state index in [-0.39, 0.29) is 35.6 Å². The van der Waals surface area contributed by atoms with E-state index in [2.05, 4.69) is 12.6 Å². The van der Waals surface area contributed by atoms with Gasteiger partial charge < -0.3 is 13.6 Å². The predicted molar refractivity (Wildman–Crippen MR) is 86.7 cm³/mol. The van der Waals surface area contributed by atoms with Gasteiger partial charge in [0.1, 0.15) is 0 Å². The Morgan fingerprint density at radius 2 is 1.83 bits per heavy atom. The Bertz CT molecular complexity index is 523. The molecule has 128 valence electrons. The molecule has 0 radical (unpaired) electrons. The van der Waals surface area contributed by atoms with Crippen molar-refractivity contribution in [3.05, 3.63) is 11.6 Å². The molecule has 2 aliphatic carbocycles. The fourth-order valence-corrected chi connectivity index (χ4v) is 7.01. The summed E-state index contributed by atoms with van der Waals surface area (Å²) < 4.78 is 16.6. The first-order valence-electron chi connectivity index (χ1n) is 8.73. The number of allylic oxidation sites excluding steroid dienone is 2. The van der Waals surface area contributed by atoms with Crippen molar-refractivity contribution in [2.24, 2.45) is 23.7 Å². The molecule has 6 heteroatoms. The van der Waals surface area contributed by atoms with Crippen LogP contribution in [0.2, 0.25) is 12.6 Å². The topological polar surface area (TPSA) is 61.8 Å². The molecule has 0 amide bonds. The van der Waals surface area contributed by atoms with Crippen LogP contribution in [0.25, 0.3) is 0 Å². The van der Waals surface area contributed by atoms with Gasteiger partial charge in [0.15, 0.2) is 0 Å². The Labute approximate surface area is 138 Å². The molecule has 3 aliphatic rings. The molecule has 2 bridgehead atoms. The van der Waals surface area contributed by atoms with Gasteiger partial charge in [0.05, 0.1) is 11.8 Å². The highest BCUT2D eigenvalue weighted by atomic mass is 28.4. The first kappa shape index (κ1) is 16.9. The number of carbonyl (C=O) groups excluding carboxylic acids is 2. The number of carbonyl (C=O) groups is 2. The van der Waals surface area contributed by atoms with Crippen molar-refractivity contribution in [3.63, 3.8) is 0 Å². The molecular formula is C17H26O5Si. The molecule has 4 atom stereocenters. The maximum atomic E-state index is 11.9. The van der Waals surface area contributed by atoms with E-state index in [1.54, 1.807) is 0 Å². The molecule has 0 aromatic rings. The summed E-state index contributed by atoms with van der Waals surface area (Å²) in [7, 11) is -2.07. The molecule has 3 rings (SSSR count). The van der Waals surface area contributed by atoms with Gasteiger partial charge in [-0.25, -0.2) is 0 Å². The number of esters is 2. The largest absolute Gasteiger partial charge is 0.395 e. The minimum Gasteiger partial charge on any atom is -0.395 e. The number of hydrogen-bond donors (Lipinski definition) is 0. The summed E-state index contributed by atoms with van der Waals surface area (Å²) in [5.74, 6) is -0.605. The van der Waals surface area contributed by atoms with Crippen molar-refractivity contribution in [2.45, 2.75) is 45.7 Å². The third-order valence-electron chi connectivity index (χ3n) is 5.45. The number of ether oxygens (including phenoxy) is 1. The van der Waals surface area contributed by atoms with Crippen molar-refractivity contribution >= 4 is 20.5 Å². The van der Waals surface area contributed by atoms with E-state index >= 15 is 0 Å². The van der Waals surface area contributed by atoms with Gasteiger partial charge in [-0.1, -0.05) is 11.6 Å². The van der Waals surface area contributed by atoms with Crippen molar-refractivity contribution in [1.82, 2.24) is 0 Å². The fourth-order valence-electron chi connectivity index (χ4n) is 4.60. The van der Waals surface area contributed by atoms with E-state index in [1.807, 2.05) is 13.8 Å². The Morgan fingerprint density at radius 3 is 2.48 bits per heavy atom. The molecule has 5 nitrogen and oxygen atoms in total. The second kappa shape index (κ2) is 6.49. The minimum absolute atomic E-state index is 0.206. The summed E-state index contributed by atoms with van der Waals surface area (Å²) in [6, 6.07) is 0.959. The molecule has 1 heterocycles. The van der Waals surface area contributed by atoms with Gasteiger partial charge in [0.25, 0.3) is 0 Å². The van der Waals surface area contributed by atoms with E-state index in [0.29, 0.717) is 13.2 Å². The number of fused-ring (bicyclic) bond motifs is 5. The fraction of sp³-hybridized carbons (Fsp3) is 0.765. The molecule has 1 saturated carbocycles. The van der Waals surface area contributed by atoms with Crippen LogP contribution >= 0.6 is 0 Å². The molecule has 0 N–H and O–H groups in total. The highest BCUT2D eigenvalue weighted by molar-refractivity contribution is 6.66. The van der Waals surface area contributed by atoms with Crippen LogP contribution in [0.1, 0.15) is 33.1 Å². The average Bonchev–Trinajstić information content (AvgIpc) is 3.12. The molecule has 4 unspecified atom stereocenters. The Morgan fingerprint density at radius 1 is 1.17 bits per heavy atom. The summed E-state index contributed by atoms with van der Waals surface area (Å²) in [5, 5.41) is 0. The molecule has 2 fully saturated rings. The number of cyclic esters (lactones) is 2. The van der Waals surface area contributed by atoms with Gasteiger partial charge >= 0.3 is 20.5 Å². The molecule has 1 aliphatic heterocycles. The van der Waals surface area contributed by atoms with Crippen LogP contribution in [0.5, 0.6) is 0 Å². The Hall–Kier alpha value is -0.983. The van der Waals surface area contributed by atoms with Gasteiger partial charge in [-0.15, -0.1) is 0 Å². The molecule has 0 spiro atoms. The zero-order valence-electron chi connectivity index (χ0n) is 14.2. The van der Waals surface area contributed by atoms with E-state index in [4.69, 9.17) is 13.6 Å². The summed E-state index contributed by atoms with van der Waals surface area (Å²) in [6.07, 6.45) is 5.15. The monoisotopic (exact) mass is 338 g/mol. The van der Waals surface area contributed by atoms with Crippen LogP contribution in [-0.4, -0.2) is 33.7 Å². The normalized spacial score (nSPS) is 32.2. The summed E-state index contributed by atoms with van der Waals surface area (Å²) in [5.41, 5.74) is 1.34. The molecule has 0 aromatic carbocycles. The molecule has 23 heavy (non-hydrogen) atoms. The zero-order valence-corrected chi connectivity index (χ0v) is 15.2. The van der Waals surface area contributed by atoms with Crippen molar-refractivity contribution in [2.75, 3.05) is 13.2 Å². The molecule has 1 saturated heterocycles. The van der Waals surface area contributed by atoms with Crippen LogP contribution in [0.3, 0.4) is 0 Å². The first-order valence-corrected chi connectivity index (χ1v) is 11.3. The highest BCUT2D eigenvalue weighted by Crippen LogP contribution is 2.55. The van der Waals surface area contributed by atoms with Gasteiger partial charge in [-0.2, -0.15) is 0 Å². The van der Waals surface area contributed by atoms with Gasteiger partial charge in [0.2, 0.25) is 0 Å². The Balaban J connectivity index is 1.57. The summed E-state index contributed by atoms with van der Waals surface area (Å²) >= 11 is 0.